The average molecular weight is 413 g/mol. The van der Waals surface area contributed by atoms with Crippen LogP contribution in [0.1, 0.15) is 20.8 Å². The number of piperazine rings is 1. The summed E-state index contributed by atoms with van der Waals surface area (Å²) in [7, 11) is 0. The molecule has 1 rings (SSSR count). The summed E-state index contributed by atoms with van der Waals surface area (Å²) in [6.07, 6.45) is -0.478. The number of ether oxygens (including phenoxy) is 1. The van der Waals surface area contributed by atoms with Gasteiger partial charge < -0.3 is 20.1 Å². The fourth-order valence-corrected chi connectivity index (χ4v) is 1.34. The van der Waals surface area contributed by atoms with Gasteiger partial charge in [0.05, 0.1) is 0 Å². The summed E-state index contributed by atoms with van der Waals surface area (Å²) in [5.74, 6) is -1.01. The Bertz CT molecular complexity index is 291. The molecule has 1 atom stereocenters. The first-order chi connectivity index (χ1) is 7.29. The molecule has 0 saturated carbocycles. The van der Waals surface area contributed by atoms with Gasteiger partial charge in [0.15, 0.2) is 0 Å². The second kappa shape index (κ2) is 6.36. The molecule has 0 aromatic heterocycles. The zero-order valence-corrected chi connectivity index (χ0v) is 13.1. The molecule has 0 aromatic rings. The second-order valence-corrected chi connectivity index (χ2v) is 4.69. The number of hydrogen-bond acceptors (Lipinski definition) is 3. The first kappa shape index (κ1) is 16.4. The van der Waals surface area contributed by atoms with Gasteiger partial charge in [-0.3, -0.25) is 4.79 Å². The summed E-state index contributed by atoms with van der Waals surface area (Å²) in [6.45, 7) is 6.16. The molecule has 1 fully saturated rings. The molecule has 17 heavy (non-hydrogen) atoms. The van der Waals surface area contributed by atoms with Crippen molar-refractivity contribution >= 4 is 12.1 Å². The molecule has 1 N–H and O–H groups in total. The van der Waals surface area contributed by atoms with Crippen LogP contribution in [0.15, 0.2) is 0 Å². The standard InChI is InChI=1S/C10H17N2O4.W/c1-10(2,3)16-9(15)12-5-4-11-7(6-12)8(13)14;/h7H,4-6H2,1-3H3,(H,13,14);/q-1;. The van der Waals surface area contributed by atoms with Crippen molar-refractivity contribution in [3.05, 3.63) is 5.32 Å². The first-order valence-electron chi connectivity index (χ1n) is 5.17. The van der Waals surface area contributed by atoms with Gasteiger partial charge in [0.1, 0.15) is 5.60 Å². The maximum atomic E-state index is 11.7. The Morgan fingerprint density at radius 1 is 1.41 bits per heavy atom. The molecular formula is C10H17N2O4W-. The van der Waals surface area contributed by atoms with Crippen molar-refractivity contribution in [3.8, 4) is 0 Å². The van der Waals surface area contributed by atoms with E-state index < -0.39 is 23.7 Å². The topological polar surface area (TPSA) is 80.9 Å². The number of carbonyl (C=O) groups excluding carboxylic acids is 1. The summed E-state index contributed by atoms with van der Waals surface area (Å²) in [6, 6.07) is -0.832. The second-order valence-electron chi connectivity index (χ2n) is 4.69. The SMILES string of the molecule is CC(C)(C)OC(=O)N1CC[N-]C(C(=O)O)C1.[W]. The number of hydrogen-bond donors (Lipinski definition) is 1. The predicted octanol–water partition coefficient (Wildman–Crippen LogP) is 1.06. The largest absolute Gasteiger partial charge is 0.647 e. The number of aliphatic carboxylic acids is 1. The molecule has 6 nitrogen and oxygen atoms in total. The zero-order chi connectivity index (χ0) is 12.3. The van der Waals surface area contributed by atoms with Gasteiger partial charge in [-0.1, -0.05) is 0 Å². The van der Waals surface area contributed by atoms with Gasteiger partial charge in [-0.2, -0.15) is 0 Å². The number of carbonyl (C=O) groups is 2. The average Bonchev–Trinajstić information content (AvgIpc) is 2.15. The fourth-order valence-electron chi connectivity index (χ4n) is 1.34. The van der Waals surface area contributed by atoms with Gasteiger partial charge >= 0.3 is 6.09 Å². The van der Waals surface area contributed by atoms with Gasteiger partial charge in [0, 0.05) is 34.2 Å². The number of carboxylic acid groups (broad SMARTS) is 1. The van der Waals surface area contributed by atoms with Gasteiger partial charge in [0.2, 0.25) is 0 Å². The molecule has 1 unspecified atom stereocenters. The zero-order valence-electron chi connectivity index (χ0n) is 10.2. The van der Waals surface area contributed by atoms with Gasteiger partial charge in [0.25, 0.3) is 5.97 Å². The van der Waals surface area contributed by atoms with Crippen molar-refractivity contribution in [1.29, 1.82) is 0 Å². The van der Waals surface area contributed by atoms with Crippen molar-refractivity contribution in [2.75, 3.05) is 19.6 Å². The summed E-state index contributed by atoms with van der Waals surface area (Å²) >= 11 is 0. The summed E-state index contributed by atoms with van der Waals surface area (Å²) in [4.78, 5) is 23.8. The van der Waals surface area contributed by atoms with Crippen molar-refractivity contribution in [1.82, 2.24) is 4.90 Å². The van der Waals surface area contributed by atoms with Gasteiger partial charge in [-0.15, -0.1) is 6.54 Å². The van der Waals surface area contributed by atoms with Crippen molar-refractivity contribution in [2.24, 2.45) is 0 Å². The van der Waals surface area contributed by atoms with E-state index in [0.717, 1.165) is 0 Å². The van der Waals surface area contributed by atoms with E-state index in [1.165, 1.54) is 4.90 Å². The molecule has 1 aliphatic heterocycles. The maximum absolute atomic E-state index is 11.7. The molecule has 0 spiro atoms. The van der Waals surface area contributed by atoms with Crippen molar-refractivity contribution in [3.63, 3.8) is 0 Å². The van der Waals surface area contributed by atoms with Gasteiger partial charge in [-0.05, 0) is 26.8 Å². The Kier molecular flexibility index (Phi) is 6.13. The Balaban J connectivity index is 0.00000256. The van der Waals surface area contributed by atoms with E-state index in [2.05, 4.69) is 5.32 Å². The molecule has 1 aliphatic rings. The third-order valence-corrected chi connectivity index (χ3v) is 2.05. The number of nitrogens with zero attached hydrogens (tertiary/aromatic N) is 2. The molecule has 0 aromatic carbocycles. The molecule has 1 heterocycles. The third-order valence-electron chi connectivity index (χ3n) is 2.05. The molecule has 1 amide bonds. The van der Waals surface area contributed by atoms with Crippen LogP contribution in [-0.2, 0) is 30.6 Å². The van der Waals surface area contributed by atoms with E-state index in [0.29, 0.717) is 13.1 Å². The van der Waals surface area contributed by atoms with Crippen LogP contribution in [0.5, 0.6) is 0 Å². The molecule has 0 radical (unpaired) electrons. The van der Waals surface area contributed by atoms with E-state index in [4.69, 9.17) is 9.84 Å². The summed E-state index contributed by atoms with van der Waals surface area (Å²) in [5, 5.41) is 12.7. The fraction of sp³-hybridized carbons (Fsp3) is 0.800. The van der Waals surface area contributed by atoms with Crippen LogP contribution in [0.25, 0.3) is 5.32 Å². The molecule has 0 aliphatic carbocycles. The van der Waals surface area contributed by atoms with E-state index in [1.54, 1.807) is 20.8 Å². The van der Waals surface area contributed by atoms with E-state index >= 15 is 0 Å². The molecular weight excluding hydrogens is 396 g/mol. The minimum Gasteiger partial charge on any atom is -0.647 e. The summed E-state index contributed by atoms with van der Waals surface area (Å²) < 4.78 is 5.16. The van der Waals surface area contributed by atoms with E-state index in [9.17, 15) is 9.59 Å². The molecule has 0 bridgehead atoms. The molecule has 1 saturated heterocycles. The van der Waals surface area contributed by atoms with Crippen LogP contribution in [0, 0.1) is 0 Å². The quantitative estimate of drug-likeness (QED) is 0.698. The van der Waals surface area contributed by atoms with Crippen LogP contribution in [0.4, 0.5) is 4.79 Å². The molecule has 98 valence electrons. The minimum absolute atomic E-state index is 0. The number of rotatable bonds is 1. The Labute approximate surface area is 115 Å². The third kappa shape index (κ3) is 5.50. The summed E-state index contributed by atoms with van der Waals surface area (Å²) in [5.41, 5.74) is -0.565. The van der Waals surface area contributed by atoms with Crippen LogP contribution < -0.4 is 0 Å². The van der Waals surface area contributed by atoms with Crippen LogP contribution in [0.2, 0.25) is 0 Å². The van der Waals surface area contributed by atoms with E-state index in [-0.39, 0.29) is 27.6 Å². The van der Waals surface area contributed by atoms with Crippen LogP contribution in [-0.4, -0.2) is 53.3 Å². The van der Waals surface area contributed by atoms with Crippen molar-refractivity contribution in [2.45, 2.75) is 32.4 Å². The van der Waals surface area contributed by atoms with Crippen molar-refractivity contribution < 1.29 is 40.5 Å². The van der Waals surface area contributed by atoms with Gasteiger partial charge in [-0.25, -0.2) is 4.79 Å². The normalized spacial score (nSPS) is 20.4. The number of carboxylic acids is 1. The Morgan fingerprint density at radius 2 is 2.00 bits per heavy atom. The first-order valence-corrected chi connectivity index (χ1v) is 5.17. The minimum atomic E-state index is -1.01. The van der Waals surface area contributed by atoms with Crippen LogP contribution >= 0.6 is 0 Å². The number of amides is 1. The maximum Gasteiger partial charge on any atom is 0.410 e. The smallest absolute Gasteiger partial charge is 0.410 e. The van der Waals surface area contributed by atoms with E-state index in [1.807, 2.05) is 0 Å². The predicted molar refractivity (Wildman–Crippen MR) is 57.5 cm³/mol. The monoisotopic (exact) mass is 413 g/mol. The Morgan fingerprint density at radius 3 is 2.47 bits per heavy atom. The molecule has 7 heteroatoms. The Hall–Kier alpha value is -0.612. The van der Waals surface area contributed by atoms with Crippen LogP contribution in [0.3, 0.4) is 0 Å².